The Kier molecular flexibility index (Phi) is 4.04. The van der Waals surface area contributed by atoms with Crippen LogP contribution in [0.25, 0.3) is 0 Å². The molecule has 2 N–H and O–H groups in total. The summed E-state index contributed by atoms with van der Waals surface area (Å²) in [7, 11) is 0. The first-order chi connectivity index (χ1) is 8.52. The number of piperidine rings is 1. The van der Waals surface area contributed by atoms with E-state index >= 15 is 0 Å². The number of β-amino-alcohol motifs (C(OH)–C–C–N with tert-alkyl or cyclic N) is 1. The van der Waals surface area contributed by atoms with Crippen LogP contribution in [0.3, 0.4) is 0 Å². The summed E-state index contributed by atoms with van der Waals surface area (Å²) >= 11 is 5.48. The van der Waals surface area contributed by atoms with E-state index in [1.807, 2.05) is 0 Å². The summed E-state index contributed by atoms with van der Waals surface area (Å²) in [5, 5.41) is 18.5. The first kappa shape index (κ1) is 13.5. The molecule has 1 heterocycles. The monoisotopic (exact) mass is 277 g/mol. The third-order valence-corrected chi connectivity index (χ3v) is 3.58. The molecule has 18 heavy (non-hydrogen) atoms. The number of benzene rings is 1. The molecule has 0 bridgehead atoms. The maximum absolute atomic E-state index is 13.7. The van der Waals surface area contributed by atoms with Crippen LogP contribution in [0.15, 0.2) is 12.1 Å². The van der Waals surface area contributed by atoms with E-state index in [0.29, 0.717) is 13.0 Å². The van der Waals surface area contributed by atoms with E-state index in [9.17, 15) is 13.9 Å². The molecule has 6 heteroatoms. The van der Waals surface area contributed by atoms with Crippen molar-refractivity contribution in [3.8, 4) is 0 Å². The molecule has 2 unspecified atom stereocenters. The van der Waals surface area contributed by atoms with E-state index < -0.39 is 17.7 Å². The van der Waals surface area contributed by atoms with Crippen LogP contribution in [-0.4, -0.2) is 36.0 Å². The fourth-order valence-electron chi connectivity index (χ4n) is 2.17. The minimum absolute atomic E-state index is 0.0901. The SMILES string of the molecule is OCC1CCN(c2cc(F)c(Cl)cc2F)CC1O. The molecule has 1 aromatic rings. The van der Waals surface area contributed by atoms with Crippen molar-refractivity contribution in [2.75, 3.05) is 24.6 Å². The number of rotatable bonds is 2. The number of aliphatic hydroxyl groups excluding tert-OH is 2. The Morgan fingerprint density at radius 1 is 1.33 bits per heavy atom. The molecule has 100 valence electrons. The van der Waals surface area contributed by atoms with Crippen LogP contribution in [-0.2, 0) is 0 Å². The molecule has 2 atom stereocenters. The van der Waals surface area contributed by atoms with Gasteiger partial charge in [0.25, 0.3) is 0 Å². The number of halogens is 3. The van der Waals surface area contributed by atoms with Crippen molar-refractivity contribution in [1.29, 1.82) is 0 Å². The lowest BCUT2D eigenvalue weighted by Gasteiger charge is -2.36. The zero-order valence-electron chi connectivity index (χ0n) is 9.61. The molecule has 0 saturated carbocycles. The van der Waals surface area contributed by atoms with Crippen LogP contribution < -0.4 is 4.90 Å². The molecular formula is C12H14ClF2NO2. The molecule has 1 saturated heterocycles. The third-order valence-electron chi connectivity index (χ3n) is 3.29. The van der Waals surface area contributed by atoms with Gasteiger partial charge < -0.3 is 15.1 Å². The van der Waals surface area contributed by atoms with E-state index in [-0.39, 0.29) is 29.8 Å². The van der Waals surface area contributed by atoms with Crippen molar-refractivity contribution >= 4 is 17.3 Å². The van der Waals surface area contributed by atoms with Gasteiger partial charge in [0.15, 0.2) is 0 Å². The Bertz CT molecular complexity index is 444. The van der Waals surface area contributed by atoms with Crippen LogP contribution in [0.4, 0.5) is 14.5 Å². The van der Waals surface area contributed by atoms with Crippen LogP contribution in [0.2, 0.25) is 5.02 Å². The highest BCUT2D eigenvalue weighted by Crippen LogP contribution is 2.29. The molecule has 2 rings (SSSR count). The smallest absolute Gasteiger partial charge is 0.148 e. The quantitative estimate of drug-likeness (QED) is 0.810. The van der Waals surface area contributed by atoms with Crippen LogP contribution in [0.1, 0.15) is 6.42 Å². The fraction of sp³-hybridized carbons (Fsp3) is 0.500. The van der Waals surface area contributed by atoms with Crippen molar-refractivity contribution in [3.63, 3.8) is 0 Å². The average Bonchev–Trinajstić information content (AvgIpc) is 2.33. The predicted molar refractivity (Wildman–Crippen MR) is 64.8 cm³/mol. The lowest BCUT2D eigenvalue weighted by atomic mass is 9.94. The standard InChI is InChI=1S/C12H14ClF2NO2/c13-8-3-10(15)11(4-9(8)14)16-2-1-7(6-17)12(18)5-16/h3-4,7,12,17-18H,1-2,5-6H2. The first-order valence-electron chi connectivity index (χ1n) is 5.71. The van der Waals surface area contributed by atoms with Gasteiger partial charge in [0.2, 0.25) is 0 Å². The lowest BCUT2D eigenvalue weighted by Crippen LogP contribution is -2.45. The van der Waals surface area contributed by atoms with Gasteiger partial charge in [-0.2, -0.15) is 0 Å². The highest BCUT2D eigenvalue weighted by atomic mass is 35.5. The van der Waals surface area contributed by atoms with E-state index in [1.54, 1.807) is 4.90 Å². The van der Waals surface area contributed by atoms with Gasteiger partial charge in [-0.15, -0.1) is 0 Å². The lowest BCUT2D eigenvalue weighted by molar-refractivity contribution is 0.0546. The second-order valence-corrected chi connectivity index (χ2v) is 4.87. The summed E-state index contributed by atoms with van der Waals surface area (Å²) in [6.07, 6.45) is -0.219. The highest BCUT2D eigenvalue weighted by molar-refractivity contribution is 6.30. The molecule has 1 aliphatic heterocycles. The first-order valence-corrected chi connectivity index (χ1v) is 6.09. The Balaban J connectivity index is 2.20. The normalized spacial score (nSPS) is 24.4. The van der Waals surface area contributed by atoms with E-state index in [4.69, 9.17) is 16.7 Å². The number of hydrogen-bond donors (Lipinski definition) is 2. The summed E-state index contributed by atoms with van der Waals surface area (Å²) in [6.45, 7) is 0.524. The van der Waals surface area contributed by atoms with Gasteiger partial charge in [-0.05, 0) is 12.5 Å². The molecule has 1 fully saturated rings. The molecular weight excluding hydrogens is 264 g/mol. The Morgan fingerprint density at radius 3 is 2.67 bits per heavy atom. The molecule has 3 nitrogen and oxygen atoms in total. The zero-order chi connectivity index (χ0) is 13.3. The maximum Gasteiger partial charge on any atom is 0.148 e. The van der Waals surface area contributed by atoms with Crippen molar-refractivity contribution in [2.45, 2.75) is 12.5 Å². The molecule has 1 aromatic carbocycles. The van der Waals surface area contributed by atoms with Crippen molar-refractivity contribution in [2.24, 2.45) is 5.92 Å². The third kappa shape index (κ3) is 2.58. The number of aliphatic hydroxyl groups is 2. The Hall–Kier alpha value is -0.910. The van der Waals surface area contributed by atoms with Gasteiger partial charge in [-0.3, -0.25) is 0 Å². The zero-order valence-corrected chi connectivity index (χ0v) is 10.4. The number of hydrogen-bond acceptors (Lipinski definition) is 3. The van der Waals surface area contributed by atoms with Gasteiger partial charge in [0, 0.05) is 31.7 Å². The molecule has 0 aliphatic carbocycles. The van der Waals surface area contributed by atoms with Crippen molar-refractivity contribution in [3.05, 3.63) is 28.8 Å². The second-order valence-electron chi connectivity index (χ2n) is 4.46. The second kappa shape index (κ2) is 5.38. The average molecular weight is 278 g/mol. The van der Waals surface area contributed by atoms with Crippen LogP contribution in [0, 0.1) is 17.6 Å². The van der Waals surface area contributed by atoms with Crippen molar-refractivity contribution in [1.82, 2.24) is 0 Å². The predicted octanol–water partition coefficient (Wildman–Crippen LogP) is 1.80. The van der Waals surface area contributed by atoms with Gasteiger partial charge in [-0.25, -0.2) is 8.78 Å². The maximum atomic E-state index is 13.7. The number of anilines is 1. The van der Waals surface area contributed by atoms with Gasteiger partial charge >= 0.3 is 0 Å². The molecule has 0 amide bonds. The van der Waals surface area contributed by atoms with Gasteiger partial charge in [0.1, 0.15) is 11.6 Å². The van der Waals surface area contributed by atoms with E-state index in [0.717, 1.165) is 12.1 Å². The Morgan fingerprint density at radius 2 is 2.06 bits per heavy atom. The summed E-state index contributed by atoms with van der Waals surface area (Å²) in [5.41, 5.74) is 0.0901. The summed E-state index contributed by atoms with van der Waals surface area (Å²) < 4.78 is 27.0. The summed E-state index contributed by atoms with van der Waals surface area (Å²) in [5.74, 6) is -1.51. The van der Waals surface area contributed by atoms with E-state index in [2.05, 4.69) is 0 Å². The number of nitrogens with zero attached hydrogens (tertiary/aromatic N) is 1. The molecule has 0 aromatic heterocycles. The highest BCUT2D eigenvalue weighted by Gasteiger charge is 2.28. The largest absolute Gasteiger partial charge is 0.396 e. The minimum atomic E-state index is -0.748. The van der Waals surface area contributed by atoms with Gasteiger partial charge in [0.05, 0.1) is 16.8 Å². The van der Waals surface area contributed by atoms with Gasteiger partial charge in [-0.1, -0.05) is 11.6 Å². The summed E-state index contributed by atoms with van der Waals surface area (Å²) in [6, 6.07) is 1.96. The van der Waals surface area contributed by atoms with Crippen molar-refractivity contribution < 1.29 is 19.0 Å². The minimum Gasteiger partial charge on any atom is -0.396 e. The topological polar surface area (TPSA) is 43.7 Å². The Labute approximate surface area is 109 Å². The molecule has 0 spiro atoms. The molecule has 1 aliphatic rings. The van der Waals surface area contributed by atoms with Crippen LogP contribution in [0.5, 0.6) is 0 Å². The fourth-order valence-corrected chi connectivity index (χ4v) is 2.32. The summed E-state index contributed by atoms with van der Waals surface area (Å²) in [4.78, 5) is 1.56. The molecule has 0 radical (unpaired) electrons. The van der Waals surface area contributed by atoms with E-state index in [1.165, 1.54) is 0 Å². The van der Waals surface area contributed by atoms with Crippen LogP contribution >= 0.6 is 11.6 Å².